The summed E-state index contributed by atoms with van der Waals surface area (Å²) in [6, 6.07) is -0.307. The number of aliphatic hydroxyl groups excluding tert-OH is 2. The fourth-order valence-electron chi connectivity index (χ4n) is 1.68. The minimum absolute atomic E-state index is 0.0496. The fourth-order valence-corrected chi connectivity index (χ4v) is 1.68. The average Bonchev–Trinajstić information content (AvgIpc) is 2.50. The second-order valence-corrected chi connectivity index (χ2v) is 4.70. The molecule has 1 amide bonds. The molecule has 88 valence electrons. The average molecular weight is 216 g/mol. The normalized spacial score (nSPS) is 26.7. The van der Waals surface area contributed by atoms with Crippen LogP contribution in [-0.2, 0) is 4.79 Å². The van der Waals surface area contributed by atoms with Crippen LogP contribution in [0, 0.1) is 0 Å². The number of carbonyl (C=O) groups is 1. The number of rotatable bonds is 4. The van der Waals surface area contributed by atoms with E-state index in [1.807, 2.05) is 13.8 Å². The number of β-amino-alcohol motifs (C(OH)–C–C–N with tert-alkyl or cyclic N) is 1. The number of hydrogen-bond acceptors (Lipinski definition) is 4. The Labute approximate surface area is 89.9 Å². The van der Waals surface area contributed by atoms with E-state index in [4.69, 9.17) is 5.11 Å². The van der Waals surface area contributed by atoms with Crippen LogP contribution in [-0.4, -0.2) is 47.0 Å². The van der Waals surface area contributed by atoms with E-state index in [1.165, 1.54) is 0 Å². The lowest BCUT2D eigenvalue weighted by molar-refractivity contribution is -0.124. The molecule has 5 heteroatoms. The molecular weight excluding hydrogens is 196 g/mol. The molecule has 0 spiro atoms. The van der Waals surface area contributed by atoms with E-state index in [0.717, 1.165) is 0 Å². The van der Waals surface area contributed by atoms with Crippen molar-refractivity contribution in [3.05, 3.63) is 0 Å². The van der Waals surface area contributed by atoms with Gasteiger partial charge in [-0.2, -0.15) is 0 Å². The lowest BCUT2D eigenvalue weighted by Crippen LogP contribution is -2.50. The van der Waals surface area contributed by atoms with Crippen LogP contribution in [0.1, 0.15) is 26.7 Å². The summed E-state index contributed by atoms with van der Waals surface area (Å²) in [5.74, 6) is -0.106. The van der Waals surface area contributed by atoms with Gasteiger partial charge in [-0.1, -0.05) is 0 Å². The molecule has 5 nitrogen and oxygen atoms in total. The van der Waals surface area contributed by atoms with Crippen molar-refractivity contribution in [2.75, 3.05) is 13.2 Å². The van der Waals surface area contributed by atoms with Gasteiger partial charge in [-0.3, -0.25) is 4.79 Å². The topological polar surface area (TPSA) is 81.6 Å². The van der Waals surface area contributed by atoms with Crippen molar-refractivity contribution in [3.63, 3.8) is 0 Å². The van der Waals surface area contributed by atoms with Crippen LogP contribution in [0.25, 0.3) is 0 Å². The van der Waals surface area contributed by atoms with Gasteiger partial charge in [0.25, 0.3) is 0 Å². The van der Waals surface area contributed by atoms with E-state index in [-0.39, 0.29) is 18.6 Å². The van der Waals surface area contributed by atoms with Crippen molar-refractivity contribution in [2.24, 2.45) is 0 Å². The first-order chi connectivity index (χ1) is 6.94. The molecule has 2 atom stereocenters. The Kier molecular flexibility index (Phi) is 4.07. The number of nitrogens with one attached hydrogen (secondary N) is 2. The smallest absolute Gasteiger partial charge is 0.237 e. The van der Waals surface area contributed by atoms with Crippen molar-refractivity contribution in [3.8, 4) is 0 Å². The Morgan fingerprint density at radius 2 is 2.27 bits per heavy atom. The summed E-state index contributed by atoms with van der Waals surface area (Å²) in [5.41, 5.74) is -0.402. The molecule has 1 fully saturated rings. The Balaban J connectivity index is 2.41. The standard InChI is InChI=1S/C10H20N2O3/c1-10(2,3-4-13)12-9(15)8-5-7(14)6-11-8/h7-8,11,13-14H,3-6H2,1-2H3,(H,12,15). The third-order valence-corrected chi connectivity index (χ3v) is 2.62. The molecule has 0 aromatic carbocycles. The van der Waals surface area contributed by atoms with Crippen LogP contribution in [0.2, 0.25) is 0 Å². The van der Waals surface area contributed by atoms with Gasteiger partial charge >= 0.3 is 0 Å². The SMILES string of the molecule is CC(C)(CCO)NC(=O)C1CC(O)CN1. The summed E-state index contributed by atoms with van der Waals surface area (Å²) in [5, 5.41) is 23.9. The Morgan fingerprint density at radius 1 is 1.60 bits per heavy atom. The van der Waals surface area contributed by atoms with Crippen LogP contribution in [0.3, 0.4) is 0 Å². The lowest BCUT2D eigenvalue weighted by Gasteiger charge is -2.27. The van der Waals surface area contributed by atoms with E-state index in [0.29, 0.717) is 19.4 Å². The van der Waals surface area contributed by atoms with E-state index in [1.54, 1.807) is 0 Å². The minimum atomic E-state index is -0.429. The molecule has 0 aromatic heterocycles. The van der Waals surface area contributed by atoms with Crippen molar-refractivity contribution in [1.82, 2.24) is 10.6 Å². The Hall–Kier alpha value is -0.650. The highest BCUT2D eigenvalue weighted by Crippen LogP contribution is 2.11. The van der Waals surface area contributed by atoms with Crippen LogP contribution in [0.4, 0.5) is 0 Å². The number of aliphatic hydroxyl groups is 2. The largest absolute Gasteiger partial charge is 0.396 e. The molecule has 4 N–H and O–H groups in total. The third-order valence-electron chi connectivity index (χ3n) is 2.62. The predicted octanol–water partition coefficient (Wildman–Crippen LogP) is -1.01. The first kappa shape index (κ1) is 12.4. The maximum absolute atomic E-state index is 11.7. The summed E-state index contributed by atoms with van der Waals surface area (Å²) in [6.07, 6.45) is 0.552. The van der Waals surface area contributed by atoms with Crippen molar-refractivity contribution < 1.29 is 15.0 Å². The van der Waals surface area contributed by atoms with Crippen LogP contribution >= 0.6 is 0 Å². The van der Waals surface area contributed by atoms with E-state index in [9.17, 15) is 9.90 Å². The predicted molar refractivity (Wildman–Crippen MR) is 56.3 cm³/mol. The first-order valence-corrected chi connectivity index (χ1v) is 5.29. The molecule has 1 aliphatic heterocycles. The van der Waals surface area contributed by atoms with Gasteiger partial charge in [0.2, 0.25) is 5.91 Å². The second-order valence-electron chi connectivity index (χ2n) is 4.70. The monoisotopic (exact) mass is 216 g/mol. The molecule has 0 aliphatic carbocycles. The number of hydrogen-bond donors (Lipinski definition) is 4. The highest BCUT2D eigenvalue weighted by molar-refractivity contribution is 5.82. The highest BCUT2D eigenvalue weighted by Gasteiger charge is 2.30. The first-order valence-electron chi connectivity index (χ1n) is 5.29. The van der Waals surface area contributed by atoms with E-state index in [2.05, 4.69) is 10.6 Å². The molecule has 2 unspecified atom stereocenters. The van der Waals surface area contributed by atoms with Crippen LogP contribution in [0.5, 0.6) is 0 Å². The zero-order valence-electron chi connectivity index (χ0n) is 9.29. The van der Waals surface area contributed by atoms with Crippen LogP contribution < -0.4 is 10.6 Å². The molecule has 0 saturated carbocycles. The van der Waals surface area contributed by atoms with E-state index < -0.39 is 11.6 Å². The third kappa shape index (κ3) is 3.77. The summed E-state index contributed by atoms with van der Waals surface area (Å²) in [7, 11) is 0. The maximum Gasteiger partial charge on any atom is 0.237 e. The van der Waals surface area contributed by atoms with Gasteiger partial charge in [0.15, 0.2) is 0 Å². The Bertz CT molecular complexity index is 231. The van der Waals surface area contributed by atoms with Crippen LogP contribution in [0.15, 0.2) is 0 Å². The molecule has 0 radical (unpaired) electrons. The van der Waals surface area contributed by atoms with E-state index >= 15 is 0 Å². The summed E-state index contributed by atoms with van der Waals surface area (Å²) in [4.78, 5) is 11.7. The zero-order chi connectivity index (χ0) is 11.5. The van der Waals surface area contributed by atoms with Gasteiger partial charge in [-0.05, 0) is 26.7 Å². The summed E-state index contributed by atoms with van der Waals surface area (Å²) >= 11 is 0. The summed E-state index contributed by atoms with van der Waals surface area (Å²) in [6.45, 7) is 4.26. The van der Waals surface area contributed by atoms with Crippen molar-refractivity contribution >= 4 is 5.91 Å². The lowest BCUT2D eigenvalue weighted by atomic mass is 10.0. The van der Waals surface area contributed by atoms with Gasteiger partial charge in [-0.25, -0.2) is 0 Å². The molecule has 1 saturated heterocycles. The zero-order valence-corrected chi connectivity index (χ0v) is 9.29. The molecule has 0 bridgehead atoms. The van der Waals surface area contributed by atoms with Gasteiger partial charge in [0, 0.05) is 18.7 Å². The minimum Gasteiger partial charge on any atom is -0.396 e. The van der Waals surface area contributed by atoms with Gasteiger partial charge in [0.05, 0.1) is 12.1 Å². The summed E-state index contributed by atoms with van der Waals surface area (Å²) < 4.78 is 0. The van der Waals surface area contributed by atoms with Gasteiger partial charge < -0.3 is 20.8 Å². The maximum atomic E-state index is 11.7. The molecule has 1 aliphatic rings. The second kappa shape index (κ2) is 4.92. The van der Waals surface area contributed by atoms with Crippen molar-refractivity contribution in [1.29, 1.82) is 0 Å². The number of carbonyl (C=O) groups excluding carboxylic acids is 1. The quantitative estimate of drug-likeness (QED) is 0.485. The Morgan fingerprint density at radius 3 is 2.73 bits per heavy atom. The molecule has 15 heavy (non-hydrogen) atoms. The highest BCUT2D eigenvalue weighted by atomic mass is 16.3. The molecular formula is C10H20N2O3. The van der Waals surface area contributed by atoms with Crippen molar-refractivity contribution in [2.45, 2.75) is 44.4 Å². The van der Waals surface area contributed by atoms with Gasteiger partial charge in [0.1, 0.15) is 0 Å². The molecule has 0 aromatic rings. The van der Waals surface area contributed by atoms with Gasteiger partial charge in [-0.15, -0.1) is 0 Å². The molecule has 1 rings (SSSR count). The fraction of sp³-hybridized carbons (Fsp3) is 0.900. The molecule has 1 heterocycles. The number of amides is 1.